The molecule has 0 fully saturated rings. The normalized spacial score (nSPS) is 10.3. The molecule has 0 saturated heterocycles. The second-order valence-corrected chi connectivity index (χ2v) is 5.04. The second-order valence-electron chi connectivity index (χ2n) is 5.04. The van der Waals surface area contributed by atoms with Gasteiger partial charge in [-0.25, -0.2) is 0 Å². The third-order valence-corrected chi connectivity index (χ3v) is 3.32. The fourth-order valence-electron chi connectivity index (χ4n) is 2.12. The second kappa shape index (κ2) is 7.84. The first-order chi connectivity index (χ1) is 11.4. The van der Waals surface area contributed by atoms with Gasteiger partial charge in [-0.3, -0.25) is 4.98 Å². The first kappa shape index (κ1) is 14.9. The summed E-state index contributed by atoms with van der Waals surface area (Å²) < 4.78 is 0. The van der Waals surface area contributed by atoms with Crippen LogP contribution in [0.2, 0.25) is 0 Å². The lowest BCUT2D eigenvalue weighted by molar-refractivity contribution is 0.921. The Labute approximate surface area is 135 Å². The summed E-state index contributed by atoms with van der Waals surface area (Å²) in [6.45, 7) is 1.43. The van der Waals surface area contributed by atoms with Gasteiger partial charge in [-0.15, -0.1) is 5.10 Å². The zero-order valence-electron chi connectivity index (χ0n) is 12.7. The maximum Gasteiger partial charge on any atom is 0.244 e. The van der Waals surface area contributed by atoms with Crippen LogP contribution in [0.1, 0.15) is 11.1 Å². The fourth-order valence-corrected chi connectivity index (χ4v) is 2.12. The zero-order valence-corrected chi connectivity index (χ0v) is 12.7. The van der Waals surface area contributed by atoms with E-state index in [1.54, 1.807) is 18.6 Å². The van der Waals surface area contributed by atoms with Crippen LogP contribution in [-0.4, -0.2) is 26.7 Å². The molecule has 116 valence electrons. The van der Waals surface area contributed by atoms with Gasteiger partial charge < -0.3 is 10.6 Å². The molecule has 0 radical (unpaired) electrons. The molecule has 6 nitrogen and oxygen atoms in total. The maximum absolute atomic E-state index is 4.41. The Bertz CT molecular complexity index is 717. The quantitative estimate of drug-likeness (QED) is 0.698. The fraction of sp³-hybridized carbons (Fsp3) is 0.176. The Hall–Kier alpha value is -3.02. The Balaban J connectivity index is 1.51. The Morgan fingerprint density at radius 1 is 0.870 bits per heavy atom. The van der Waals surface area contributed by atoms with Gasteiger partial charge in [0.2, 0.25) is 5.95 Å². The Morgan fingerprint density at radius 2 is 1.70 bits per heavy atom. The predicted molar refractivity (Wildman–Crippen MR) is 90.0 cm³/mol. The van der Waals surface area contributed by atoms with Crippen LogP contribution >= 0.6 is 0 Å². The molecular weight excluding hydrogens is 288 g/mol. The van der Waals surface area contributed by atoms with E-state index in [-0.39, 0.29) is 0 Å². The number of nitrogens with one attached hydrogen (secondary N) is 2. The van der Waals surface area contributed by atoms with Crippen LogP contribution < -0.4 is 10.6 Å². The molecule has 0 unspecified atom stereocenters. The summed E-state index contributed by atoms with van der Waals surface area (Å²) in [4.78, 5) is 8.40. The molecule has 0 atom stereocenters. The number of anilines is 2. The molecule has 0 aliphatic rings. The van der Waals surface area contributed by atoms with Crippen molar-refractivity contribution in [2.75, 3.05) is 17.2 Å². The molecule has 23 heavy (non-hydrogen) atoms. The molecule has 3 aromatic rings. The van der Waals surface area contributed by atoms with Crippen LogP contribution in [-0.2, 0) is 13.0 Å². The van der Waals surface area contributed by atoms with Crippen molar-refractivity contribution in [1.82, 2.24) is 20.2 Å². The van der Waals surface area contributed by atoms with Gasteiger partial charge in [-0.1, -0.05) is 30.3 Å². The molecule has 0 saturated carbocycles. The van der Waals surface area contributed by atoms with E-state index < -0.39 is 0 Å². The molecule has 0 amide bonds. The number of hydrogen-bond acceptors (Lipinski definition) is 6. The van der Waals surface area contributed by atoms with Crippen LogP contribution in [0.4, 0.5) is 11.8 Å². The number of rotatable bonds is 7. The van der Waals surface area contributed by atoms with Crippen LogP contribution in [0.25, 0.3) is 0 Å². The average Bonchev–Trinajstić information content (AvgIpc) is 2.62. The van der Waals surface area contributed by atoms with E-state index in [0.29, 0.717) is 18.3 Å². The van der Waals surface area contributed by atoms with Crippen molar-refractivity contribution in [3.63, 3.8) is 0 Å². The van der Waals surface area contributed by atoms with Crippen molar-refractivity contribution in [3.05, 3.63) is 72.2 Å². The third-order valence-electron chi connectivity index (χ3n) is 3.32. The lowest BCUT2D eigenvalue weighted by atomic mass is 10.1. The predicted octanol–water partition coefficient (Wildman–Crippen LogP) is 2.53. The van der Waals surface area contributed by atoms with Crippen LogP contribution in [0.15, 0.2) is 61.1 Å². The maximum atomic E-state index is 4.41. The molecule has 2 heterocycles. The average molecular weight is 306 g/mol. The van der Waals surface area contributed by atoms with Gasteiger partial charge in [-0.05, 0) is 29.7 Å². The van der Waals surface area contributed by atoms with Crippen LogP contribution in [0.3, 0.4) is 0 Å². The topological polar surface area (TPSA) is 75.6 Å². The van der Waals surface area contributed by atoms with Gasteiger partial charge in [0.1, 0.15) is 0 Å². The van der Waals surface area contributed by atoms with Crippen molar-refractivity contribution in [1.29, 1.82) is 0 Å². The van der Waals surface area contributed by atoms with Crippen molar-refractivity contribution >= 4 is 11.8 Å². The molecule has 0 aliphatic heterocycles. The molecule has 0 aliphatic carbocycles. The zero-order chi connectivity index (χ0) is 15.7. The first-order valence-electron chi connectivity index (χ1n) is 7.50. The van der Waals surface area contributed by atoms with Gasteiger partial charge in [0.05, 0.1) is 6.20 Å². The molecule has 6 heteroatoms. The van der Waals surface area contributed by atoms with E-state index in [1.807, 2.05) is 30.3 Å². The summed E-state index contributed by atoms with van der Waals surface area (Å²) in [6.07, 6.45) is 6.07. The van der Waals surface area contributed by atoms with Gasteiger partial charge in [-0.2, -0.15) is 10.1 Å². The van der Waals surface area contributed by atoms with E-state index >= 15 is 0 Å². The van der Waals surface area contributed by atoms with Crippen LogP contribution in [0.5, 0.6) is 0 Å². The molecule has 0 bridgehead atoms. The minimum Gasteiger partial charge on any atom is -0.365 e. The summed E-state index contributed by atoms with van der Waals surface area (Å²) in [5, 5.41) is 14.4. The molecular formula is C17H18N6. The van der Waals surface area contributed by atoms with Crippen molar-refractivity contribution in [2.24, 2.45) is 0 Å². The van der Waals surface area contributed by atoms with Gasteiger partial charge in [0.25, 0.3) is 0 Å². The van der Waals surface area contributed by atoms with Gasteiger partial charge >= 0.3 is 0 Å². The van der Waals surface area contributed by atoms with Crippen LogP contribution in [0, 0.1) is 0 Å². The molecule has 2 aromatic heterocycles. The molecule has 2 N–H and O–H groups in total. The summed E-state index contributed by atoms with van der Waals surface area (Å²) in [5.74, 6) is 1.22. The standard InChI is InChI=1S/C17H18N6/c1-2-4-14(5-3-1)8-11-19-17-22-16(13-21-23-17)20-12-15-6-9-18-10-7-15/h1-7,9-10,13H,8,11-12H2,(H2,19,20,22,23). The van der Waals surface area contributed by atoms with Gasteiger partial charge in [0.15, 0.2) is 5.82 Å². The van der Waals surface area contributed by atoms with Crippen molar-refractivity contribution < 1.29 is 0 Å². The lowest BCUT2D eigenvalue weighted by Crippen LogP contribution is -2.10. The first-order valence-corrected chi connectivity index (χ1v) is 7.50. The van der Waals surface area contributed by atoms with E-state index in [0.717, 1.165) is 18.5 Å². The minimum absolute atomic E-state index is 0.528. The summed E-state index contributed by atoms with van der Waals surface area (Å²) >= 11 is 0. The van der Waals surface area contributed by atoms with E-state index in [1.165, 1.54) is 5.56 Å². The number of nitrogens with zero attached hydrogens (tertiary/aromatic N) is 4. The minimum atomic E-state index is 0.528. The number of hydrogen-bond donors (Lipinski definition) is 2. The monoisotopic (exact) mass is 306 g/mol. The highest BCUT2D eigenvalue weighted by Gasteiger charge is 2.00. The molecule has 1 aromatic carbocycles. The highest BCUT2D eigenvalue weighted by Crippen LogP contribution is 2.07. The highest BCUT2D eigenvalue weighted by molar-refractivity contribution is 5.37. The summed E-state index contributed by atoms with van der Waals surface area (Å²) in [7, 11) is 0. The van der Waals surface area contributed by atoms with Crippen molar-refractivity contribution in [2.45, 2.75) is 13.0 Å². The smallest absolute Gasteiger partial charge is 0.244 e. The van der Waals surface area contributed by atoms with E-state index in [4.69, 9.17) is 0 Å². The molecule has 0 spiro atoms. The Morgan fingerprint density at radius 3 is 2.52 bits per heavy atom. The largest absolute Gasteiger partial charge is 0.365 e. The Kier molecular flexibility index (Phi) is 5.08. The van der Waals surface area contributed by atoms with Gasteiger partial charge in [0, 0.05) is 25.5 Å². The number of aromatic nitrogens is 4. The van der Waals surface area contributed by atoms with Crippen molar-refractivity contribution in [3.8, 4) is 0 Å². The number of benzene rings is 1. The SMILES string of the molecule is c1ccc(CCNc2nncc(NCc3ccncc3)n2)cc1. The summed E-state index contributed by atoms with van der Waals surface area (Å²) in [6, 6.07) is 14.2. The number of pyridine rings is 1. The highest BCUT2D eigenvalue weighted by atomic mass is 15.3. The third kappa shape index (κ3) is 4.74. The lowest BCUT2D eigenvalue weighted by Gasteiger charge is -2.07. The van der Waals surface area contributed by atoms with E-state index in [2.05, 4.69) is 42.9 Å². The van der Waals surface area contributed by atoms with E-state index in [9.17, 15) is 0 Å². The summed E-state index contributed by atoms with van der Waals surface area (Å²) in [5.41, 5.74) is 2.41. The molecule has 3 rings (SSSR count).